The molecule has 0 radical (unpaired) electrons. The molecule has 3 unspecified atom stereocenters. The van der Waals surface area contributed by atoms with Crippen LogP contribution in [-0.2, 0) is 32.7 Å². The molecule has 0 aliphatic rings. The lowest BCUT2D eigenvalue weighted by molar-refractivity contribution is -0.154. The third-order valence-electron chi connectivity index (χ3n) is 9.48. The van der Waals surface area contributed by atoms with Gasteiger partial charge in [0.15, 0.2) is 0 Å². The first-order chi connectivity index (χ1) is 26.2. The average molecular weight is 788 g/mol. The minimum atomic E-state index is -4.61. The van der Waals surface area contributed by atoms with Gasteiger partial charge in [0.25, 0.3) is 0 Å². The van der Waals surface area contributed by atoms with Crippen molar-refractivity contribution in [2.24, 2.45) is 5.73 Å². The van der Waals surface area contributed by atoms with Gasteiger partial charge in [-0.25, -0.2) is 4.57 Å². The van der Waals surface area contributed by atoms with Crippen molar-refractivity contribution in [2.45, 2.75) is 212 Å². The van der Waals surface area contributed by atoms with Gasteiger partial charge in [-0.2, -0.15) is 0 Å². The third kappa shape index (κ3) is 38.7. The van der Waals surface area contributed by atoms with E-state index in [-0.39, 0.29) is 13.0 Å². The molecule has 0 fully saturated rings. The van der Waals surface area contributed by atoms with Gasteiger partial charge in [-0.05, 0) is 38.5 Å². The fourth-order valence-electron chi connectivity index (χ4n) is 6.03. The van der Waals surface area contributed by atoms with Crippen LogP contribution in [0.4, 0.5) is 0 Å². The lowest BCUT2D eigenvalue weighted by Crippen LogP contribution is -2.34. The van der Waals surface area contributed by atoms with Gasteiger partial charge in [0.1, 0.15) is 12.1 Å². The number of rotatable bonds is 42. The van der Waals surface area contributed by atoms with Gasteiger partial charge < -0.3 is 25.2 Å². The molecule has 0 aromatic rings. The second-order valence-electron chi connectivity index (χ2n) is 14.8. The Kier molecular flexibility index (Phi) is 38.5. The highest BCUT2D eigenvalue weighted by molar-refractivity contribution is 7.47. The molecule has 0 saturated carbocycles. The molecule has 0 aliphatic heterocycles. The quantitative estimate of drug-likeness (QED) is 0.0236. The molecule has 4 N–H and O–H groups in total. The molecule has 0 amide bonds. The van der Waals surface area contributed by atoms with E-state index in [9.17, 15) is 19.0 Å². The zero-order valence-corrected chi connectivity index (χ0v) is 35.5. The monoisotopic (exact) mass is 788 g/mol. The fraction of sp³-hybridized carbons (Fsp3) is 0.860. The highest BCUT2D eigenvalue weighted by Crippen LogP contribution is 2.43. The van der Waals surface area contributed by atoms with Crippen molar-refractivity contribution < 1.29 is 42.7 Å². The van der Waals surface area contributed by atoms with Crippen LogP contribution in [0, 0.1) is 0 Å². The SMILES string of the molecule is CCCC/C=C\C/C=C\CCCCCCCC(=O)OC(COCCCCCCCCCCCCCCCCCCCC)COP(=O)(O)OCC(N)C(=O)O. The van der Waals surface area contributed by atoms with Crippen LogP contribution in [0.25, 0.3) is 0 Å². The molecule has 0 rings (SSSR count). The number of carboxylic acids is 1. The van der Waals surface area contributed by atoms with E-state index in [0.717, 1.165) is 64.2 Å². The molecule has 10 nitrogen and oxygen atoms in total. The third-order valence-corrected chi connectivity index (χ3v) is 10.4. The van der Waals surface area contributed by atoms with Crippen molar-refractivity contribution in [1.29, 1.82) is 0 Å². The summed E-state index contributed by atoms with van der Waals surface area (Å²) in [6.45, 7) is 3.85. The molecule has 0 heterocycles. The number of allylic oxidation sites excluding steroid dienone is 4. The van der Waals surface area contributed by atoms with Crippen LogP contribution in [0.5, 0.6) is 0 Å². The van der Waals surface area contributed by atoms with Crippen molar-refractivity contribution >= 4 is 19.8 Å². The van der Waals surface area contributed by atoms with Gasteiger partial charge in [-0.1, -0.05) is 179 Å². The molecular formula is C43H82NO9P. The molecule has 3 atom stereocenters. The van der Waals surface area contributed by atoms with Crippen LogP contribution >= 0.6 is 7.82 Å². The summed E-state index contributed by atoms with van der Waals surface area (Å²) in [4.78, 5) is 33.5. The number of aliphatic carboxylic acids is 1. The summed E-state index contributed by atoms with van der Waals surface area (Å²) in [5.41, 5.74) is 5.35. The number of esters is 1. The highest BCUT2D eigenvalue weighted by Gasteiger charge is 2.27. The number of phosphoric ester groups is 1. The van der Waals surface area contributed by atoms with Crippen LogP contribution in [0.2, 0.25) is 0 Å². The standard InChI is InChI=1S/C43H82NO9P/c1-3-5-7-9-11-13-15-17-19-20-21-22-24-26-28-30-32-34-36-50-37-40(38-51-54(48,49)52-39-41(44)43(46)47)53-42(45)35-33-31-29-27-25-23-18-16-14-12-10-8-6-4-2/h10,12,16,18,40-41H,3-9,11,13-15,17,19-39,44H2,1-2H3,(H,46,47)(H,48,49)/b12-10-,18-16-. The second-order valence-corrected chi connectivity index (χ2v) is 16.3. The number of nitrogens with two attached hydrogens (primary N) is 1. The summed E-state index contributed by atoms with van der Waals surface area (Å²) in [5, 5.41) is 8.89. The van der Waals surface area contributed by atoms with Gasteiger partial charge in [0.2, 0.25) is 0 Å². The average Bonchev–Trinajstić information content (AvgIpc) is 3.15. The van der Waals surface area contributed by atoms with E-state index < -0.39 is 45.1 Å². The summed E-state index contributed by atoms with van der Waals surface area (Å²) in [6, 6.07) is -1.47. The summed E-state index contributed by atoms with van der Waals surface area (Å²) < 4.78 is 33.3. The Labute approximate surface area is 330 Å². The predicted octanol–water partition coefficient (Wildman–Crippen LogP) is 11.9. The van der Waals surface area contributed by atoms with Gasteiger partial charge in [0, 0.05) is 13.0 Å². The van der Waals surface area contributed by atoms with Crippen LogP contribution in [0.3, 0.4) is 0 Å². The molecule has 11 heteroatoms. The maximum atomic E-state index is 12.6. The van der Waals surface area contributed by atoms with Crippen molar-refractivity contribution in [3.05, 3.63) is 24.3 Å². The number of hydrogen-bond donors (Lipinski definition) is 3. The van der Waals surface area contributed by atoms with E-state index in [2.05, 4.69) is 38.2 Å². The van der Waals surface area contributed by atoms with Gasteiger partial charge in [0.05, 0.1) is 19.8 Å². The first-order valence-corrected chi connectivity index (χ1v) is 23.4. The normalized spacial score (nSPS) is 14.1. The van der Waals surface area contributed by atoms with Crippen LogP contribution in [0.1, 0.15) is 200 Å². The molecule has 54 heavy (non-hydrogen) atoms. The lowest BCUT2D eigenvalue weighted by atomic mass is 10.0. The number of carbonyl (C=O) groups is 2. The Morgan fingerprint density at radius 1 is 0.593 bits per heavy atom. The van der Waals surface area contributed by atoms with Gasteiger partial charge in [-0.15, -0.1) is 0 Å². The molecule has 0 bridgehead atoms. The molecule has 0 saturated heterocycles. The lowest BCUT2D eigenvalue weighted by Gasteiger charge is -2.20. The summed E-state index contributed by atoms with van der Waals surface area (Å²) >= 11 is 0. The number of phosphoric acid groups is 1. The maximum absolute atomic E-state index is 12.6. The predicted molar refractivity (Wildman–Crippen MR) is 222 cm³/mol. The Morgan fingerprint density at radius 3 is 1.56 bits per heavy atom. The van der Waals surface area contributed by atoms with E-state index in [1.807, 2.05) is 0 Å². The van der Waals surface area contributed by atoms with Crippen molar-refractivity contribution in [2.75, 3.05) is 26.4 Å². The highest BCUT2D eigenvalue weighted by atomic mass is 31.2. The number of carbonyl (C=O) groups excluding carboxylic acids is 1. The zero-order chi connectivity index (χ0) is 39.8. The van der Waals surface area contributed by atoms with Crippen LogP contribution in [0.15, 0.2) is 24.3 Å². The summed E-state index contributed by atoms with van der Waals surface area (Å²) in [6.07, 6.45) is 42.3. The number of unbranched alkanes of at least 4 members (excludes halogenated alkanes) is 24. The van der Waals surface area contributed by atoms with E-state index in [0.29, 0.717) is 13.0 Å². The summed E-state index contributed by atoms with van der Waals surface area (Å²) in [5.74, 6) is -1.79. The minimum Gasteiger partial charge on any atom is -0.480 e. The Hall–Kier alpha value is -1.55. The maximum Gasteiger partial charge on any atom is 0.472 e. The number of ether oxygens (including phenoxy) is 2. The molecule has 0 aromatic heterocycles. The first-order valence-electron chi connectivity index (χ1n) is 21.9. The number of hydrogen-bond acceptors (Lipinski definition) is 8. The number of carboxylic acid groups (broad SMARTS) is 1. The van der Waals surface area contributed by atoms with Crippen LogP contribution in [-0.4, -0.2) is 60.5 Å². The van der Waals surface area contributed by atoms with Crippen molar-refractivity contribution in [1.82, 2.24) is 0 Å². The summed E-state index contributed by atoms with van der Waals surface area (Å²) in [7, 11) is -4.61. The topological polar surface area (TPSA) is 155 Å². The molecular weight excluding hydrogens is 705 g/mol. The van der Waals surface area contributed by atoms with Crippen LogP contribution < -0.4 is 5.73 Å². The molecule has 0 aromatic carbocycles. The van der Waals surface area contributed by atoms with Gasteiger partial charge >= 0.3 is 19.8 Å². The van der Waals surface area contributed by atoms with E-state index in [4.69, 9.17) is 29.4 Å². The van der Waals surface area contributed by atoms with Gasteiger partial charge in [-0.3, -0.25) is 18.6 Å². The second kappa shape index (κ2) is 39.7. The largest absolute Gasteiger partial charge is 0.480 e. The molecule has 0 aliphatic carbocycles. The fourth-order valence-corrected chi connectivity index (χ4v) is 6.81. The van der Waals surface area contributed by atoms with E-state index in [1.54, 1.807) is 0 Å². The van der Waals surface area contributed by atoms with E-state index >= 15 is 0 Å². The first kappa shape index (κ1) is 52.5. The Balaban J connectivity index is 4.21. The minimum absolute atomic E-state index is 0.0153. The Morgan fingerprint density at radius 2 is 1.04 bits per heavy atom. The zero-order valence-electron chi connectivity index (χ0n) is 34.6. The van der Waals surface area contributed by atoms with Crippen molar-refractivity contribution in [3.63, 3.8) is 0 Å². The molecule has 318 valence electrons. The van der Waals surface area contributed by atoms with Crippen molar-refractivity contribution in [3.8, 4) is 0 Å². The smallest absolute Gasteiger partial charge is 0.472 e. The Bertz CT molecular complexity index is 961. The molecule has 0 spiro atoms. The van der Waals surface area contributed by atoms with E-state index in [1.165, 1.54) is 109 Å².